The van der Waals surface area contributed by atoms with E-state index in [1.54, 1.807) is 0 Å². The molecule has 0 radical (unpaired) electrons. The molecule has 3 nitrogen and oxygen atoms in total. The molecule has 0 spiro atoms. The van der Waals surface area contributed by atoms with E-state index in [1.807, 2.05) is 18.2 Å². The highest BCUT2D eigenvalue weighted by molar-refractivity contribution is 6.33. The van der Waals surface area contributed by atoms with Gasteiger partial charge in [-0.15, -0.1) is 0 Å². The largest absolute Gasteiger partial charge is 0.362 e. The Kier molecular flexibility index (Phi) is 3.85. The van der Waals surface area contributed by atoms with Gasteiger partial charge in [0.05, 0.1) is 10.7 Å². The molecule has 1 aromatic carbocycles. The molecule has 0 amide bonds. The minimum atomic E-state index is 0.0609. The fourth-order valence-corrected chi connectivity index (χ4v) is 3.01. The third-order valence-electron chi connectivity index (χ3n) is 3.80. The van der Waals surface area contributed by atoms with Gasteiger partial charge in [0.25, 0.3) is 0 Å². The molecule has 2 N–H and O–H groups in total. The van der Waals surface area contributed by atoms with Crippen LogP contribution in [0, 0.1) is 0 Å². The highest BCUT2D eigenvalue weighted by Gasteiger charge is 2.37. The third kappa shape index (κ3) is 2.48. The SMILES string of the molecule is CN1CC(C)(C)N(c2ccccc2Cl)CC1CN. The molecular formula is C14H22ClN3. The van der Waals surface area contributed by atoms with E-state index in [0.717, 1.165) is 23.8 Å². The first-order valence-electron chi connectivity index (χ1n) is 6.38. The molecule has 18 heavy (non-hydrogen) atoms. The first-order chi connectivity index (χ1) is 8.45. The average molecular weight is 268 g/mol. The number of benzene rings is 1. The Bertz CT molecular complexity index is 419. The van der Waals surface area contributed by atoms with Crippen LogP contribution in [0.2, 0.25) is 5.02 Å². The van der Waals surface area contributed by atoms with Crippen LogP contribution in [-0.4, -0.2) is 43.2 Å². The number of nitrogens with zero attached hydrogens (tertiary/aromatic N) is 2. The second kappa shape index (κ2) is 5.08. The zero-order valence-electron chi connectivity index (χ0n) is 11.4. The van der Waals surface area contributed by atoms with Crippen molar-refractivity contribution in [1.82, 2.24) is 4.90 Å². The maximum absolute atomic E-state index is 6.33. The summed E-state index contributed by atoms with van der Waals surface area (Å²) in [5.74, 6) is 0. The molecule has 1 fully saturated rings. The van der Waals surface area contributed by atoms with Crippen molar-refractivity contribution < 1.29 is 0 Å². The van der Waals surface area contributed by atoms with E-state index in [4.69, 9.17) is 17.3 Å². The van der Waals surface area contributed by atoms with E-state index in [0.29, 0.717) is 12.6 Å². The summed E-state index contributed by atoms with van der Waals surface area (Å²) in [6, 6.07) is 8.42. The van der Waals surface area contributed by atoms with Crippen LogP contribution in [0.15, 0.2) is 24.3 Å². The zero-order chi connectivity index (χ0) is 13.3. The quantitative estimate of drug-likeness (QED) is 0.892. The van der Waals surface area contributed by atoms with Gasteiger partial charge in [-0.3, -0.25) is 4.90 Å². The number of likely N-dealkylation sites (N-methyl/N-ethyl adjacent to an activating group) is 1. The van der Waals surface area contributed by atoms with Crippen LogP contribution in [0.25, 0.3) is 0 Å². The lowest BCUT2D eigenvalue weighted by Gasteiger charge is -2.51. The fraction of sp³-hybridized carbons (Fsp3) is 0.571. The second-order valence-corrected chi connectivity index (χ2v) is 6.09. The highest BCUT2D eigenvalue weighted by Crippen LogP contribution is 2.34. The Labute approximate surface area is 115 Å². The van der Waals surface area contributed by atoms with Crippen LogP contribution >= 0.6 is 11.6 Å². The molecule has 1 atom stereocenters. The first kappa shape index (κ1) is 13.7. The zero-order valence-corrected chi connectivity index (χ0v) is 12.1. The maximum atomic E-state index is 6.33. The van der Waals surface area contributed by atoms with Gasteiger partial charge in [-0.1, -0.05) is 23.7 Å². The highest BCUT2D eigenvalue weighted by atomic mass is 35.5. The summed E-state index contributed by atoms with van der Waals surface area (Å²) >= 11 is 6.33. The van der Waals surface area contributed by atoms with Gasteiger partial charge in [0.15, 0.2) is 0 Å². The first-order valence-corrected chi connectivity index (χ1v) is 6.76. The number of rotatable bonds is 2. The standard InChI is InChI=1S/C14H22ClN3/c1-14(2)10-17(3)11(8-16)9-18(14)13-7-5-4-6-12(13)15/h4-7,11H,8-10,16H2,1-3H3. The number of piperazine rings is 1. The van der Waals surface area contributed by atoms with E-state index >= 15 is 0 Å². The van der Waals surface area contributed by atoms with Crippen LogP contribution in [0.4, 0.5) is 5.69 Å². The summed E-state index contributed by atoms with van der Waals surface area (Å²) < 4.78 is 0. The van der Waals surface area contributed by atoms with Crippen molar-refractivity contribution in [2.24, 2.45) is 5.73 Å². The number of hydrogen-bond acceptors (Lipinski definition) is 3. The van der Waals surface area contributed by atoms with Crippen LogP contribution in [-0.2, 0) is 0 Å². The number of halogens is 1. The molecule has 0 aliphatic carbocycles. The predicted octanol–water partition coefficient (Wildman–Crippen LogP) is 2.20. The second-order valence-electron chi connectivity index (χ2n) is 5.68. The van der Waals surface area contributed by atoms with E-state index in [9.17, 15) is 0 Å². The normalized spacial score (nSPS) is 24.3. The Morgan fingerprint density at radius 3 is 2.67 bits per heavy atom. The Balaban J connectivity index is 2.33. The molecule has 2 rings (SSSR count). The van der Waals surface area contributed by atoms with Crippen LogP contribution in [0.1, 0.15) is 13.8 Å². The lowest BCUT2D eigenvalue weighted by Crippen LogP contribution is -2.64. The smallest absolute Gasteiger partial charge is 0.0639 e. The lowest BCUT2D eigenvalue weighted by atomic mass is 9.95. The van der Waals surface area contributed by atoms with Crippen molar-refractivity contribution >= 4 is 17.3 Å². The minimum Gasteiger partial charge on any atom is -0.362 e. The summed E-state index contributed by atoms with van der Waals surface area (Å²) in [5.41, 5.74) is 7.03. The predicted molar refractivity (Wildman–Crippen MR) is 78.3 cm³/mol. The topological polar surface area (TPSA) is 32.5 Å². The van der Waals surface area contributed by atoms with Gasteiger partial charge in [-0.2, -0.15) is 0 Å². The van der Waals surface area contributed by atoms with Crippen molar-refractivity contribution in [3.63, 3.8) is 0 Å². The Morgan fingerprint density at radius 1 is 1.39 bits per heavy atom. The van der Waals surface area contributed by atoms with Crippen LogP contribution in [0.3, 0.4) is 0 Å². The van der Waals surface area contributed by atoms with Gasteiger partial charge in [-0.25, -0.2) is 0 Å². The number of para-hydroxylation sites is 1. The maximum Gasteiger partial charge on any atom is 0.0639 e. The molecule has 100 valence electrons. The van der Waals surface area contributed by atoms with E-state index in [-0.39, 0.29) is 5.54 Å². The number of hydrogen-bond donors (Lipinski definition) is 1. The van der Waals surface area contributed by atoms with Crippen LogP contribution < -0.4 is 10.6 Å². The fourth-order valence-electron chi connectivity index (χ4n) is 2.77. The minimum absolute atomic E-state index is 0.0609. The average Bonchev–Trinajstić information content (AvgIpc) is 2.30. The molecule has 1 saturated heterocycles. The molecule has 0 aromatic heterocycles. The Hall–Kier alpha value is -0.770. The van der Waals surface area contributed by atoms with E-state index in [2.05, 4.69) is 36.8 Å². The van der Waals surface area contributed by atoms with Crippen molar-refractivity contribution in [3.05, 3.63) is 29.3 Å². The van der Waals surface area contributed by atoms with Gasteiger partial charge in [0.2, 0.25) is 0 Å². The monoisotopic (exact) mass is 267 g/mol. The molecule has 1 heterocycles. The van der Waals surface area contributed by atoms with Crippen molar-refractivity contribution in [2.45, 2.75) is 25.4 Å². The van der Waals surface area contributed by atoms with Crippen molar-refractivity contribution in [3.8, 4) is 0 Å². The lowest BCUT2D eigenvalue weighted by molar-refractivity contribution is 0.155. The van der Waals surface area contributed by atoms with E-state index in [1.165, 1.54) is 0 Å². The molecule has 4 heteroatoms. The Morgan fingerprint density at radius 2 is 2.06 bits per heavy atom. The molecular weight excluding hydrogens is 246 g/mol. The number of anilines is 1. The van der Waals surface area contributed by atoms with Gasteiger partial charge in [0.1, 0.15) is 0 Å². The van der Waals surface area contributed by atoms with Crippen molar-refractivity contribution in [2.75, 3.05) is 31.6 Å². The molecule has 1 aliphatic heterocycles. The van der Waals surface area contributed by atoms with Gasteiger partial charge in [0, 0.05) is 31.2 Å². The van der Waals surface area contributed by atoms with E-state index < -0.39 is 0 Å². The number of nitrogens with two attached hydrogens (primary N) is 1. The molecule has 1 aliphatic rings. The summed E-state index contributed by atoms with van der Waals surface area (Å²) in [6.45, 7) is 7.08. The molecule has 1 aromatic rings. The third-order valence-corrected chi connectivity index (χ3v) is 4.12. The molecule has 0 bridgehead atoms. The molecule has 0 saturated carbocycles. The summed E-state index contributed by atoms with van der Waals surface area (Å²) in [4.78, 5) is 4.72. The van der Waals surface area contributed by atoms with Gasteiger partial charge in [-0.05, 0) is 33.0 Å². The van der Waals surface area contributed by atoms with Gasteiger partial charge >= 0.3 is 0 Å². The summed E-state index contributed by atoms with van der Waals surface area (Å²) in [6.07, 6.45) is 0. The van der Waals surface area contributed by atoms with Crippen LogP contribution in [0.5, 0.6) is 0 Å². The molecule has 1 unspecified atom stereocenters. The summed E-state index contributed by atoms with van der Waals surface area (Å²) in [5, 5.41) is 0.811. The van der Waals surface area contributed by atoms with Crippen molar-refractivity contribution in [1.29, 1.82) is 0 Å². The van der Waals surface area contributed by atoms with Gasteiger partial charge < -0.3 is 10.6 Å². The summed E-state index contributed by atoms with van der Waals surface area (Å²) in [7, 11) is 2.14.